The maximum absolute atomic E-state index is 6.24. The highest BCUT2D eigenvalue weighted by Gasteiger charge is 2.34. The molecule has 2 aromatic rings. The Labute approximate surface area is 170 Å². The molecule has 28 heavy (non-hydrogen) atoms. The second-order valence-electron chi connectivity index (χ2n) is 8.41. The minimum absolute atomic E-state index is 0.0194. The number of nitrogens with zero attached hydrogens (tertiary/aromatic N) is 1. The average molecular weight is 382 g/mol. The Morgan fingerprint density at radius 3 is 1.89 bits per heavy atom. The summed E-state index contributed by atoms with van der Waals surface area (Å²) < 4.78 is 11.6. The molecule has 0 N–H and O–H groups in total. The van der Waals surface area contributed by atoms with Gasteiger partial charge in [0.2, 0.25) is 0 Å². The van der Waals surface area contributed by atoms with Crippen molar-refractivity contribution in [3.8, 4) is 0 Å². The Hall–Kier alpha value is -1.68. The van der Waals surface area contributed by atoms with E-state index >= 15 is 0 Å². The van der Waals surface area contributed by atoms with Crippen LogP contribution in [0.3, 0.4) is 0 Å². The monoisotopic (exact) mass is 381 g/mol. The van der Waals surface area contributed by atoms with Crippen LogP contribution in [-0.2, 0) is 22.6 Å². The van der Waals surface area contributed by atoms with E-state index in [4.69, 9.17) is 9.47 Å². The van der Waals surface area contributed by atoms with Gasteiger partial charge in [0, 0.05) is 26.2 Å². The average Bonchev–Trinajstić information content (AvgIpc) is 2.74. The van der Waals surface area contributed by atoms with Gasteiger partial charge in [0.25, 0.3) is 0 Å². The summed E-state index contributed by atoms with van der Waals surface area (Å²) in [5, 5.41) is 0. The Bertz CT molecular complexity index is 639. The molecule has 1 aliphatic rings. The molecule has 0 radical (unpaired) electrons. The molecule has 3 heteroatoms. The number of rotatable bonds is 9. The van der Waals surface area contributed by atoms with Crippen molar-refractivity contribution in [2.45, 2.75) is 70.4 Å². The topological polar surface area (TPSA) is 21.7 Å². The molecule has 152 valence electrons. The molecule has 3 nitrogen and oxygen atoms in total. The predicted molar refractivity (Wildman–Crippen MR) is 115 cm³/mol. The SMILES string of the molecule is COC(C)COC1(C)CCC(N(Cc2ccccc2)Cc2ccccc2)CC1. The van der Waals surface area contributed by atoms with Crippen molar-refractivity contribution >= 4 is 0 Å². The molecule has 0 amide bonds. The fraction of sp³-hybridized carbons (Fsp3) is 0.520. The van der Waals surface area contributed by atoms with Crippen LogP contribution < -0.4 is 0 Å². The van der Waals surface area contributed by atoms with E-state index in [1.807, 2.05) is 0 Å². The minimum atomic E-state index is -0.0194. The van der Waals surface area contributed by atoms with Gasteiger partial charge in [0.1, 0.15) is 0 Å². The van der Waals surface area contributed by atoms with Gasteiger partial charge < -0.3 is 9.47 Å². The van der Waals surface area contributed by atoms with Crippen LogP contribution in [-0.4, -0.2) is 36.4 Å². The summed E-state index contributed by atoms with van der Waals surface area (Å²) in [5.74, 6) is 0. The zero-order valence-electron chi connectivity index (χ0n) is 17.6. The second kappa shape index (κ2) is 10.2. The first kappa shape index (κ1) is 21.0. The maximum atomic E-state index is 6.24. The molecular weight excluding hydrogens is 346 g/mol. The number of ether oxygens (including phenoxy) is 2. The molecule has 1 unspecified atom stereocenters. The number of methoxy groups -OCH3 is 1. The van der Waals surface area contributed by atoms with Gasteiger partial charge in [-0.05, 0) is 50.7 Å². The number of hydrogen-bond donors (Lipinski definition) is 0. The summed E-state index contributed by atoms with van der Waals surface area (Å²) in [7, 11) is 1.75. The third-order valence-corrected chi connectivity index (χ3v) is 6.06. The van der Waals surface area contributed by atoms with Gasteiger partial charge in [-0.3, -0.25) is 4.90 Å². The lowest BCUT2D eigenvalue weighted by Crippen LogP contribution is -2.43. The van der Waals surface area contributed by atoms with Gasteiger partial charge >= 0.3 is 0 Å². The molecule has 1 aliphatic carbocycles. The van der Waals surface area contributed by atoms with Crippen LogP contribution in [0.25, 0.3) is 0 Å². The smallest absolute Gasteiger partial charge is 0.0776 e. The second-order valence-corrected chi connectivity index (χ2v) is 8.41. The molecule has 0 aromatic heterocycles. The number of hydrogen-bond acceptors (Lipinski definition) is 3. The summed E-state index contributed by atoms with van der Waals surface area (Å²) in [6, 6.07) is 22.3. The van der Waals surface area contributed by atoms with E-state index in [9.17, 15) is 0 Å². The van der Waals surface area contributed by atoms with Crippen LogP contribution in [0, 0.1) is 0 Å². The van der Waals surface area contributed by atoms with Crippen LogP contribution in [0.1, 0.15) is 50.7 Å². The van der Waals surface area contributed by atoms with Crippen molar-refractivity contribution in [2.24, 2.45) is 0 Å². The largest absolute Gasteiger partial charge is 0.379 e. The molecule has 0 bridgehead atoms. The van der Waals surface area contributed by atoms with E-state index in [2.05, 4.69) is 79.4 Å². The summed E-state index contributed by atoms with van der Waals surface area (Å²) in [6.07, 6.45) is 4.72. The van der Waals surface area contributed by atoms with Gasteiger partial charge in [0.05, 0.1) is 18.3 Å². The van der Waals surface area contributed by atoms with E-state index in [1.165, 1.54) is 24.0 Å². The standard InChI is InChI=1S/C25H35NO2/c1-21(27-3)20-28-25(2)16-14-24(15-17-25)26(18-22-10-6-4-7-11-22)19-23-12-8-5-9-13-23/h4-13,21,24H,14-20H2,1-3H3. The third kappa shape index (κ3) is 6.16. The summed E-state index contributed by atoms with van der Waals surface area (Å²) >= 11 is 0. The Kier molecular flexibility index (Phi) is 7.66. The molecule has 0 aliphatic heterocycles. The van der Waals surface area contributed by atoms with Crippen molar-refractivity contribution in [3.63, 3.8) is 0 Å². The lowest BCUT2D eigenvalue weighted by atomic mass is 9.82. The highest BCUT2D eigenvalue weighted by atomic mass is 16.5. The van der Waals surface area contributed by atoms with Crippen molar-refractivity contribution in [1.29, 1.82) is 0 Å². The first-order valence-corrected chi connectivity index (χ1v) is 10.6. The molecule has 1 saturated carbocycles. The highest BCUT2D eigenvalue weighted by Crippen LogP contribution is 2.35. The van der Waals surface area contributed by atoms with Crippen molar-refractivity contribution in [2.75, 3.05) is 13.7 Å². The van der Waals surface area contributed by atoms with Gasteiger partial charge in [-0.2, -0.15) is 0 Å². The molecule has 0 spiro atoms. The lowest BCUT2D eigenvalue weighted by molar-refractivity contribution is -0.101. The third-order valence-electron chi connectivity index (χ3n) is 6.06. The van der Waals surface area contributed by atoms with Gasteiger partial charge in [-0.25, -0.2) is 0 Å². The molecule has 0 saturated heterocycles. The quantitative estimate of drug-likeness (QED) is 0.577. The molecular formula is C25H35NO2. The predicted octanol–water partition coefficient (Wildman–Crippen LogP) is 5.44. The molecule has 1 atom stereocenters. The van der Waals surface area contributed by atoms with E-state index in [1.54, 1.807) is 7.11 Å². The zero-order chi connectivity index (χ0) is 19.8. The minimum Gasteiger partial charge on any atom is -0.379 e. The van der Waals surface area contributed by atoms with E-state index in [0.717, 1.165) is 25.9 Å². The molecule has 1 fully saturated rings. The molecule has 0 heterocycles. The van der Waals surface area contributed by atoms with E-state index < -0.39 is 0 Å². The van der Waals surface area contributed by atoms with Crippen LogP contribution >= 0.6 is 0 Å². The fourth-order valence-corrected chi connectivity index (χ4v) is 4.06. The van der Waals surface area contributed by atoms with Crippen LogP contribution in [0.4, 0.5) is 0 Å². The van der Waals surface area contributed by atoms with Crippen molar-refractivity contribution in [1.82, 2.24) is 4.90 Å². The van der Waals surface area contributed by atoms with E-state index in [-0.39, 0.29) is 11.7 Å². The Morgan fingerprint density at radius 1 is 0.929 bits per heavy atom. The maximum Gasteiger partial charge on any atom is 0.0776 e. The Balaban J connectivity index is 1.64. The van der Waals surface area contributed by atoms with Gasteiger partial charge in [-0.15, -0.1) is 0 Å². The van der Waals surface area contributed by atoms with E-state index in [0.29, 0.717) is 12.6 Å². The van der Waals surface area contributed by atoms with Gasteiger partial charge in [0.15, 0.2) is 0 Å². The van der Waals surface area contributed by atoms with Gasteiger partial charge in [-0.1, -0.05) is 60.7 Å². The normalized spacial score (nSPS) is 23.6. The fourth-order valence-electron chi connectivity index (χ4n) is 4.06. The lowest BCUT2D eigenvalue weighted by Gasteiger charge is -2.42. The molecule has 3 rings (SSSR count). The summed E-state index contributed by atoms with van der Waals surface area (Å²) in [5.41, 5.74) is 2.75. The summed E-state index contributed by atoms with van der Waals surface area (Å²) in [4.78, 5) is 2.65. The van der Waals surface area contributed by atoms with Crippen molar-refractivity contribution in [3.05, 3.63) is 71.8 Å². The highest BCUT2D eigenvalue weighted by molar-refractivity contribution is 5.17. The Morgan fingerprint density at radius 2 is 1.43 bits per heavy atom. The number of benzene rings is 2. The first-order valence-electron chi connectivity index (χ1n) is 10.6. The van der Waals surface area contributed by atoms with Crippen LogP contribution in [0.15, 0.2) is 60.7 Å². The molecule has 2 aromatic carbocycles. The first-order chi connectivity index (χ1) is 13.6. The zero-order valence-corrected chi connectivity index (χ0v) is 17.6. The summed E-state index contributed by atoms with van der Waals surface area (Å²) in [6.45, 7) is 7.01. The van der Waals surface area contributed by atoms with Crippen LogP contribution in [0.5, 0.6) is 0 Å². The van der Waals surface area contributed by atoms with Crippen LogP contribution in [0.2, 0.25) is 0 Å². The van der Waals surface area contributed by atoms with Crippen molar-refractivity contribution < 1.29 is 9.47 Å².